The molecule has 7 nitrogen and oxygen atoms in total. The lowest BCUT2D eigenvalue weighted by Crippen LogP contribution is -2.51. The van der Waals surface area contributed by atoms with Crippen molar-refractivity contribution < 1.29 is 14.3 Å². The molecule has 0 radical (unpaired) electrons. The summed E-state index contributed by atoms with van der Waals surface area (Å²) in [7, 11) is 0. The first-order valence-electron chi connectivity index (χ1n) is 10.5. The molecule has 2 saturated heterocycles. The van der Waals surface area contributed by atoms with Crippen LogP contribution in [0.25, 0.3) is 5.69 Å². The van der Waals surface area contributed by atoms with Gasteiger partial charge in [0.25, 0.3) is 5.91 Å². The molecule has 0 unspecified atom stereocenters. The molecule has 2 atom stereocenters. The fraction of sp³-hybridized carbons (Fsp3) is 0.500. The van der Waals surface area contributed by atoms with Gasteiger partial charge in [-0.05, 0) is 51.0 Å². The minimum atomic E-state index is -0.0641. The third-order valence-electron chi connectivity index (χ3n) is 5.87. The Hall–Kier alpha value is -2.45. The third-order valence-corrected chi connectivity index (χ3v) is 6.17. The number of likely N-dealkylation sites (tertiary alicyclic amines) is 1. The van der Waals surface area contributed by atoms with Crippen LogP contribution in [0.2, 0.25) is 0 Å². The van der Waals surface area contributed by atoms with Crippen molar-refractivity contribution in [1.29, 1.82) is 0 Å². The molecular weight excluding hydrogens is 400 g/mol. The third kappa shape index (κ3) is 4.20. The molecule has 2 aliphatic rings. The number of amides is 2. The summed E-state index contributed by atoms with van der Waals surface area (Å²) in [6, 6.07) is 9.62. The van der Waals surface area contributed by atoms with Crippen LogP contribution in [0.3, 0.4) is 0 Å². The zero-order chi connectivity index (χ0) is 21.3. The van der Waals surface area contributed by atoms with Crippen LogP contribution in [0.4, 0.5) is 0 Å². The van der Waals surface area contributed by atoms with Crippen LogP contribution in [0.5, 0.6) is 0 Å². The Balaban J connectivity index is 1.42. The van der Waals surface area contributed by atoms with Gasteiger partial charge in [0.1, 0.15) is 5.69 Å². The average molecular weight is 429 g/mol. The number of H-pyrrole nitrogens is 1. The standard InChI is InChI=1S/C22H28N4O3S/c1-15-13-25(14-16(2)29-15)20(27)17-8-10-24(11-9-17)21(28)19-12-23-22(30)26(19)18-6-4-3-5-7-18/h3-7,12,15-17H,8-11,13-14H2,1-2H3,(H,23,30)/t15-,16-/m0/s1. The quantitative estimate of drug-likeness (QED) is 0.763. The number of piperidine rings is 1. The highest BCUT2D eigenvalue weighted by atomic mass is 32.1. The van der Waals surface area contributed by atoms with E-state index in [1.54, 1.807) is 10.8 Å². The predicted octanol–water partition coefficient (Wildman–Crippen LogP) is 3.02. The molecule has 0 saturated carbocycles. The molecule has 2 amide bonds. The van der Waals surface area contributed by atoms with Gasteiger partial charge >= 0.3 is 0 Å². The van der Waals surface area contributed by atoms with Crippen LogP contribution in [0.1, 0.15) is 37.2 Å². The number of rotatable bonds is 3. The first-order valence-corrected chi connectivity index (χ1v) is 10.9. The van der Waals surface area contributed by atoms with Gasteiger partial charge in [-0.3, -0.25) is 14.2 Å². The van der Waals surface area contributed by atoms with Crippen LogP contribution in [0.15, 0.2) is 36.5 Å². The molecule has 4 rings (SSSR count). The highest BCUT2D eigenvalue weighted by molar-refractivity contribution is 7.71. The van der Waals surface area contributed by atoms with Gasteiger partial charge in [-0.25, -0.2) is 0 Å². The lowest BCUT2D eigenvalue weighted by atomic mass is 9.94. The number of morpholine rings is 1. The van der Waals surface area contributed by atoms with E-state index < -0.39 is 0 Å². The predicted molar refractivity (Wildman–Crippen MR) is 116 cm³/mol. The molecule has 30 heavy (non-hydrogen) atoms. The van der Waals surface area contributed by atoms with E-state index in [0.29, 0.717) is 49.5 Å². The van der Waals surface area contributed by atoms with Gasteiger partial charge in [0.05, 0.1) is 12.2 Å². The van der Waals surface area contributed by atoms with Crippen LogP contribution in [-0.2, 0) is 9.53 Å². The van der Waals surface area contributed by atoms with E-state index in [2.05, 4.69) is 4.98 Å². The van der Waals surface area contributed by atoms with E-state index in [0.717, 1.165) is 5.69 Å². The first kappa shape index (κ1) is 20.8. The Labute approximate surface area is 181 Å². The van der Waals surface area contributed by atoms with Crippen molar-refractivity contribution in [3.05, 3.63) is 47.0 Å². The molecule has 1 aromatic carbocycles. The number of aromatic nitrogens is 2. The molecule has 160 valence electrons. The fourth-order valence-electron chi connectivity index (χ4n) is 4.47. The molecule has 0 spiro atoms. The zero-order valence-electron chi connectivity index (χ0n) is 17.4. The molecule has 1 aromatic heterocycles. The maximum absolute atomic E-state index is 13.2. The number of imidazole rings is 1. The Morgan fingerprint density at radius 3 is 2.30 bits per heavy atom. The van der Waals surface area contributed by atoms with E-state index in [-0.39, 0.29) is 29.9 Å². The summed E-state index contributed by atoms with van der Waals surface area (Å²) in [5.41, 5.74) is 1.37. The SMILES string of the molecule is C[C@H]1CN(C(=O)C2CCN(C(=O)c3c[nH]c(=S)n3-c3ccccc3)CC2)C[C@H](C)O1. The highest BCUT2D eigenvalue weighted by Crippen LogP contribution is 2.24. The summed E-state index contributed by atoms with van der Waals surface area (Å²) in [6.45, 7) is 6.43. The minimum Gasteiger partial charge on any atom is -0.372 e. The van der Waals surface area contributed by atoms with Gasteiger partial charge in [-0.15, -0.1) is 0 Å². The second kappa shape index (κ2) is 8.73. The normalized spacial score (nSPS) is 22.9. The molecule has 8 heteroatoms. The lowest BCUT2D eigenvalue weighted by Gasteiger charge is -2.39. The average Bonchev–Trinajstić information content (AvgIpc) is 3.14. The summed E-state index contributed by atoms with van der Waals surface area (Å²) in [5.74, 6) is 0.0946. The van der Waals surface area contributed by atoms with Crippen LogP contribution >= 0.6 is 12.2 Å². The van der Waals surface area contributed by atoms with Crippen LogP contribution in [-0.4, -0.2) is 69.6 Å². The molecule has 2 fully saturated rings. The largest absolute Gasteiger partial charge is 0.372 e. The van der Waals surface area contributed by atoms with Crippen molar-refractivity contribution in [3.63, 3.8) is 0 Å². The smallest absolute Gasteiger partial charge is 0.272 e. The Morgan fingerprint density at radius 1 is 1.03 bits per heavy atom. The Kier molecular flexibility index (Phi) is 6.06. The second-order valence-electron chi connectivity index (χ2n) is 8.22. The number of carbonyl (C=O) groups is 2. The maximum atomic E-state index is 13.2. The fourth-order valence-corrected chi connectivity index (χ4v) is 4.73. The van der Waals surface area contributed by atoms with Crippen LogP contribution < -0.4 is 0 Å². The Morgan fingerprint density at radius 2 is 1.67 bits per heavy atom. The van der Waals surface area contributed by atoms with Gasteiger partial charge < -0.3 is 19.5 Å². The second-order valence-corrected chi connectivity index (χ2v) is 8.60. The van der Waals surface area contributed by atoms with E-state index in [9.17, 15) is 9.59 Å². The maximum Gasteiger partial charge on any atom is 0.272 e. The lowest BCUT2D eigenvalue weighted by molar-refractivity contribution is -0.148. The number of ether oxygens (including phenoxy) is 1. The number of aromatic amines is 1. The summed E-state index contributed by atoms with van der Waals surface area (Å²) < 4.78 is 8.00. The number of nitrogens with one attached hydrogen (secondary N) is 1. The number of nitrogens with zero attached hydrogens (tertiary/aromatic N) is 3. The van der Waals surface area contributed by atoms with Crippen molar-refractivity contribution in [2.45, 2.75) is 38.9 Å². The topological polar surface area (TPSA) is 70.6 Å². The molecule has 2 aromatic rings. The van der Waals surface area contributed by atoms with Crippen LogP contribution in [0, 0.1) is 10.7 Å². The number of carbonyl (C=O) groups excluding carboxylic acids is 2. The molecule has 0 bridgehead atoms. The number of para-hydroxylation sites is 1. The first-order chi connectivity index (χ1) is 14.4. The monoisotopic (exact) mass is 428 g/mol. The molecule has 2 aliphatic heterocycles. The van der Waals surface area contributed by atoms with Crippen molar-refractivity contribution in [2.75, 3.05) is 26.2 Å². The van der Waals surface area contributed by atoms with E-state index in [1.165, 1.54) is 0 Å². The number of benzene rings is 1. The molecule has 1 N–H and O–H groups in total. The van der Waals surface area contributed by atoms with Gasteiger partial charge in [-0.2, -0.15) is 0 Å². The Bertz CT molecular complexity index is 952. The van der Waals surface area contributed by atoms with Gasteiger partial charge in [0.2, 0.25) is 5.91 Å². The van der Waals surface area contributed by atoms with Crippen molar-refractivity contribution in [1.82, 2.24) is 19.4 Å². The molecular formula is C22H28N4O3S. The summed E-state index contributed by atoms with van der Waals surface area (Å²) in [6.07, 6.45) is 3.16. The van der Waals surface area contributed by atoms with Crippen molar-refractivity contribution >= 4 is 24.0 Å². The molecule has 0 aliphatic carbocycles. The highest BCUT2D eigenvalue weighted by Gasteiger charge is 2.34. The number of hydrogen-bond acceptors (Lipinski definition) is 4. The van der Waals surface area contributed by atoms with E-state index in [4.69, 9.17) is 17.0 Å². The summed E-state index contributed by atoms with van der Waals surface area (Å²) >= 11 is 5.40. The van der Waals surface area contributed by atoms with Crippen molar-refractivity contribution in [2.24, 2.45) is 5.92 Å². The molecule has 3 heterocycles. The summed E-state index contributed by atoms with van der Waals surface area (Å²) in [4.78, 5) is 32.9. The van der Waals surface area contributed by atoms with Crippen molar-refractivity contribution in [3.8, 4) is 5.69 Å². The van der Waals surface area contributed by atoms with Gasteiger partial charge in [0, 0.05) is 44.0 Å². The van der Waals surface area contributed by atoms with Gasteiger partial charge in [-0.1, -0.05) is 18.2 Å². The number of hydrogen-bond donors (Lipinski definition) is 1. The minimum absolute atomic E-state index is 0.0338. The zero-order valence-corrected chi connectivity index (χ0v) is 18.2. The van der Waals surface area contributed by atoms with Gasteiger partial charge in [0.15, 0.2) is 4.77 Å². The van der Waals surface area contributed by atoms with E-state index in [1.807, 2.05) is 54.0 Å². The van der Waals surface area contributed by atoms with E-state index >= 15 is 0 Å². The summed E-state index contributed by atoms with van der Waals surface area (Å²) in [5, 5.41) is 0.